The van der Waals surface area contributed by atoms with Crippen molar-refractivity contribution in [1.29, 1.82) is 0 Å². The molecule has 4 nitrogen and oxygen atoms in total. The van der Waals surface area contributed by atoms with Crippen LogP contribution in [0.2, 0.25) is 10.0 Å². The third-order valence-corrected chi connectivity index (χ3v) is 5.80. The molecule has 0 aliphatic heterocycles. The summed E-state index contributed by atoms with van der Waals surface area (Å²) >= 11 is 12.5. The van der Waals surface area contributed by atoms with Gasteiger partial charge in [-0.2, -0.15) is 0 Å². The first-order valence-electron chi connectivity index (χ1n) is 9.22. The number of para-hydroxylation sites is 1. The van der Waals surface area contributed by atoms with Crippen molar-refractivity contribution in [3.63, 3.8) is 0 Å². The monoisotopic (exact) mass is 425 g/mol. The van der Waals surface area contributed by atoms with Crippen molar-refractivity contribution in [2.45, 2.75) is 13.8 Å². The van der Waals surface area contributed by atoms with Crippen LogP contribution in [0.25, 0.3) is 22.2 Å². The minimum absolute atomic E-state index is 0.633. The molecule has 0 radical (unpaired) electrons. The predicted molar refractivity (Wildman–Crippen MR) is 122 cm³/mol. The van der Waals surface area contributed by atoms with Gasteiger partial charge in [0.15, 0.2) is 0 Å². The van der Waals surface area contributed by atoms with E-state index >= 15 is 0 Å². The van der Waals surface area contributed by atoms with Crippen molar-refractivity contribution in [2.24, 2.45) is 7.05 Å². The van der Waals surface area contributed by atoms with Gasteiger partial charge < -0.3 is 14.6 Å². The second-order valence-corrected chi connectivity index (χ2v) is 7.85. The smallest absolute Gasteiger partial charge is 0.208 e. The second-order valence-electron chi connectivity index (χ2n) is 7.01. The third kappa shape index (κ3) is 3.43. The zero-order valence-electron chi connectivity index (χ0n) is 16.7. The van der Waals surface area contributed by atoms with Gasteiger partial charge in [0.25, 0.3) is 0 Å². The summed E-state index contributed by atoms with van der Waals surface area (Å²) in [5.74, 6) is 1.39. The number of ether oxygens (including phenoxy) is 1. The minimum atomic E-state index is 0.633. The van der Waals surface area contributed by atoms with Gasteiger partial charge in [0, 0.05) is 28.7 Å². The second kappa shape index (κ2) is 7.62. The zero-order valence-corrected chi connectivity index (χ0v) is 18.2. The molecule has 0 aliphatic rings. The summed E-state index contributed by atoms with van der Waals surface area (Å²) in [7, 11) is 3.63. The predicted octanol–water partition coefficient (Wildman–Crippen LogP) is 6.92. The summed E-state index contributed by atoms with van der Waals surface area (Å²) < 4.78 is 7.57. The van der Waals surface area contributed by atoms with Crippen molar-refractivity contribution in [1.82, 2.24) is 9.55 Å². The Balaban J connectivity index is 1.88. The Kier molecular flexibility index (Phi) is 5.15. The number of aryl methyl sites for hydroxylation is 2. The highest BCUT2D eigenvalue weighted by Gasteiger charge is 2.17. The van der Waals surface area contributed by atoms with Gasteiger partial charge in [-0.25, -0.2) is 4.98 Å². The summed E-state index contributed by atoms with van der Waals surface area (Å²) in [6.45, 7) is 4.02. The number of methoxy groups -OCH3 is 1. The fourth-order valence-electron chi connectivity index (χ4n) is 3.64. The molecule has 0 unspecified atom stereocenters. The molecule has 4 aromatic rings. The molecule has 1 N–H and O–H groups in total. The lowest BCUT2D eigenvalue weighted by molar-refractivity contribution is 0.416. The lowest BCUT2D eigenvalue weighted by Gasteiger charge is -2.15. The van der Waals surface area contributed by atoms with Crippen molar-refractivity contribution in [3.05, 3.63) is 69.7 Å². The van der Waals surface area contributed by atoms with E-state index in [1.807, 2.05) is 51.2 Å². The summed E-state index contributed by atoms with van der Waals surface area (Å²) in [6, 6.07) is 15.8. The first-order chi connectivity index (χ1) is 13.9. The molecule has 4 rings (SSSR count). The van der Waals surface area contributed by atoms with Gasteiger partial charge in [0.2, 0.25) is 5.95 Å². The number of nitrogens with one attached hydrogen (secondary N) is 1. The number of fused-ring (bicyclic) bond motifs is 1. The summed E-state index contributed by atoms with van der Waals surface area (Å²) in [5, 5.41) is 4.81. The Morgan fingerprint density at radius 1 is 1.00 bits per heavy atom. The molecule has 0 amide bonds. The Labute approximate surface area is 180 Å². The number of nitrogens with zero attached hydrogens (tertiary/aromatic N) is 2. The van der Waals surface area contributed by atoms with E-state index in [2.05, 4.69) is 22.0 Å². The van der Waals surface area contributed by atoms with E-state index in [1.54, 1.807) is 13.2 Å². The van der Waals surface area contributed by atoms with Gasteiger partial charge in [-0.3, -0.25) is 0 Å². The fraction of sp³-hybridized carbons (Fsp3) is 0.174. The number of halogens is 2. The van der Waals surface area contributed by atoms with Crippen LogP contribution in [0.3, 0.4) is 0 Å². The number of benzene rings is 3. The van der Waals surface area contributed by atoms with Crippen LogP contribution in [0.5, 0.6) is 5.75 Å². The normalized spacial score (nSPS) is 11.1. The number of imidazole rings is 1. The van der Waals surface area contributed by atoms with Crippen LogP contribution in [-0.4, -0.2) is 16.7 Å². The molecule has 0 spiro atoms. The first-order valence-corrected chi connectivity index (χ1v) is 9.98. The number of hydrogen-bond acceptors (Lipinski definition) is 3. The van der Waals surface area contributed by atoms with Crippen molar-refractivity contribution in [2.75, 3.05) is 12.4 Å². The van der Waals surface area contributed by atoms with Crippen LogP contribution in [0, 0.1) is 13.8 Å². The van der Waals surface area contributed by atoms with Gasteiger partial charge in [-0.15, -0.1) is 0 Å². The Bertz CT molecular complexity index is 1230. The Morgan fingerprint density at radius 3 is 2.48 bits per heavy atom. The molecule has 1 aromatic heterocycles. The SMILES string of the molecule is COc1cc(Cl)cc(C)c1Nc1nc2cccc(-c3cccc(Cl)c3C)c2n1C. The van der Waals surface area contributed by atoms with E-state index in [4.69, 9.17) is 32.9 Å². The van der Waals surface area contributed by atoms with Crippen LogP contribution in [0.4, 0.5) is 11.6 Å². The van der Waals surface area contributed by atoms with Crippen molar-refractivity contribution >= 4 is 45.9 Å². The van der Waals surface area contributed by atoms with Gasteiger partial charge in [0.1, 0.15) is 5.75 Å². The molecule has 148 valence electrons. The minimum Gasteiger partial charge on any atom is -0.495 e. The van der Waals surface area contributed by atoms with Crippen molar-refractivity contribution in [3.8, 4) is 16.9 Å². The molecule has 0 saturated carbocycles. The van der Waals surface area contributed by atoms with E-state index in [1.165, 1.54) is 0 Å². The van der Waals surface area contributed by atoms with E-state index < -0.39 is 0 Å². The highest BCUT2D eigenvalue weighted by molar-refractivity contribution is 6.32. The maximum Gasteiger partial charge on any atom is 0.208 e. The highest BCUT2D eigenvalue weighted by atomic mass is 35.5. The third-order valence-electron chi connectivity index (χ3n) is 5.17. The van der Waals surface area contributed by atoms with E-state index in [0.29, 0.717) is 10.8 Å². The molecule has 1 heterocycles. The highest BCUT2D eigenvalue weighted by Crippen LogP contribution is 2.37. The lowest BCUT2D eigenvalue weighted by Crippen LogP contribution is -2.03. The quantitative estimate of drug-likeness (QED) is 0.385. The maximum atomic E-state index is 6.37. The van der Waals surface area contributed by atoms with Crippen molar-refractivity contribution < 1.29 is 4.74 Å². The topological polar surface area (TPSA) is 39.1 Å². The van der Waals surface area contributed by atoms with Crippen LogP contribution >= 0.6 is 23.2 Å². The summed E-state index contributed by atoms with van der Waals surface area (Å²) in [6.07, 6.45) is 0. The van der Waals surface area contributed by atoms with E-state index in [0.717, 1.165) is 49.9 Å². The lowest BCUT2D eigenvalue weighted by atomic mass is 9.99. The number of aromatic nitrogens is 2. The molecule has 0 atom stereocenters. The van der Waals surface area contributed by atoms with Gasteiger partial charge in [-0.1, -0.05) is 47.5 Å². The molecule has 0 bridgehead atoms. The summed E-state index contributed by atoms with van der Waals surface area (Å²) in [5.41, 5.74) is 6.99. The maximum absolute atomic E-state index is 6.37. The number of hydrogen-bond donors (Lipinski definition) is 1. The fourth-order valence-corrected chi connectivity index (χ4v) is 4.08. The number of rotatable bonds is 4. The van der Waals surface area contributed by atoms with Crippen LogP contribution in [0.15, 0.2) is 48.5 Å². The van der Waals surface area contributed by atoms with Crippen LogP contribution < -0.4 is 10.1 Å². The molecule has 6 heteroatoms. The van der Waals surface area contributed by atoms with E-state index in [-0.39, 0.29) is 0 Å². The average Bonchev–Trinajstić information content (AvgIpc) is 3.01. The van der Waals surface area contributed by atoms with Gasteiger partial charge in [0.05, 0.1) is 23.8 Å². The molecule has 29 heavy (non-hydrogen) atoms. The molecular weight excluding hydrogens is 405 g/mol. The zero-order chi connectivity index (χ0) is 20.7. The first kappa shape index (κ1) is 19.6. The molecule has 0 aliphatic carbocycles. The standard InChI is InChI=1S/C23H21Cl2N3O/c1-13-11-15(24)12-20(29-4)21(13)27-23-26-19-10-6-8-17(22(19)28(23)3)16-7-5-9-18(25)14(16)2/h5-12H,1-4H3,(H,26,27). The summed E-state index contributed by atoms with van der Waals surface area (Å²) in [4.78, 5) is 4.82. The van der Waals surface area contributed by atoms with Gasteiger partial charge >= 0.3 is 0 Å². The molecule has 0 saturated heterocycles. The Hall–Kier alpha value is -2.69. The molecular formula is C23H21Cl2N3O. The average molecular weight is 426 g/mol. The van der Waals surface area contributed by atoms with E-state index in [9.17, 15) is 0 Å². The Morgan fingerprint density at radius 2 is 1.72 bits per heavy atom. The van der Waals surface area contributed by atoms with Crippen LogP contribution in [-0.2, 0) is 7.05 Å². The number of anilines is 2. The van der Waals surface area contributed by atoms with Crippen LogP contribution in [0.1, 0.15) is 11.1 Å². The molecule has 3 aromatic carbocycles. The molecule has 0 fully saturated rings. The largest absolute Gasteiger partial charge is 0.495 e. The van der Waals surface area contributed by atoms with Gasteiger partial charge in [-0.05, 0) is 48.7 Å².